The van der Waals surface area contributed by atoms with Gasteiger partial charge in [-0.2, -0.15) is 4.98 Å². The van der Waals surface area contributed by atoms with E-state index in [1.807, 2.05) is 41.8 Å². The van der Waals surface area contributed by atoms with Gasteiger partial charge in [-0.25, -0.2) is 0 Å². The molecule has 5 nitrogen and oxygen atoms in total. The zero-order valence-corrected chi connectivity index (χ0v) is 14.4. The average Bonchev–Trinajstić information content (AvgIpc) is 3.17. The van der Waals surface area contributed by atoms with Crippen molar-refractivity contribution in [2.75, 3.05) is 13.1 Å². The molecular weight excluding hydrogens is 378 g/mol. The highest BCUT2D eigenvalue weighted by Crippen LogP contribution is 2.30. The Morgan fingerprint density at radius 1 is 1.26 bits per heavy atom. The van der Waals surface area contributed by atoms with Gasteiger partial charge in [-0.3, -0.25) is 4.79 Å². The number of hydrogen-bond donors (Lipinski definition) is 0. The summed E-state index contributed by atoms with van der Waals surface area (Å²) in [6.07, 6.45) is 0. The van der Waals surface area contributed by atoms with Crippen molar-refractivity contribution in [3.8, 4) is 10.7 Å². The minimum absolute atomic E-state index is 0.0340. The van der Waals surface area contributed by atoms with Crippen LogP contribution in [0.15, 0.2) is 50.8 Å². The summed E-state index contributed by atoms with van der Waals surface area (Å²) in [5, 5.41) is 5.99. The lowest BCUT2D eigenvalue weighted by molar-refractivity contribution is 0.0569. The summed E-state index contributed by atoms with van der Waals surface area (Å²) in [7, 11) is 0. The SMILES string of the molecule is O=C(c1ccc(Br)cc1)N1CC(c2nc(-c3cccs3)no2)C1. The number of aromatic nitrogens is 2. The molecule has 2 aromatic heterocycles. The van der Waals surface area contributed by atoms with Gasteiger partial charge in [0.05, 0.1) is 10.8 Å². The van der Waals surface area contributed by atoms with Gasteiger partial charge in [-0.05, 0) is 35.7 Å². The number of amides is 1. The van der Waals surface area contributed by atoms with Crippen LogP contribution in [0.1, 0.15) is 22.2 Å². The van der Waals surface area contributed by atoms with E-state index in [2.05, 4.69) is 26.1 Å². The van der Waals surface area contributed by atoms with E-state index in [1.54, 1.807) is 16.2 Å². The van der Waals surface area contributed by atoms with Crippen LogP contribution in [-0.4, -0.2) is 34.0 Å². The van der Waals surface area contributed by atoms with Crippen LogP contribution in [-0.2, 0) is 0 Å². The molecule has 1 amide bonds. The van der Waals surface area contributed by atoms with Gasteiger partial charge in [-0.15, -0.1) is 11.3 Å². The fourth-order valence-electron chi connectivity index (χ4n) is 2.48. The Bertz CT molecular complexity index is 823. The van der Waals surface area contributed by atoms with E-state index in [9.17, 15) is 4.79 Å². The summed E-state index contributed by atoms with van der Waals surface area (Å²) in [6, 6.07) is 11.3. The monoisotopic (exact) mass is 389 g/mol. The van der Waals surface area contributed by atoms with E-state index in [4.69, 9.17) is 4.52 Å². The molecular formula is C16H12BrN3O2S. The molecule has 1 fully saturated rings. The molecule has 3 heterocycles. The molecule has 0 N–H and O–H groups in total. The van der Waals surface area contributed by atoms with Crippen LogP contribution in [0.25, 0.3) is 10.7 Å². The zero-order chi connectivity index (χ0) is 15.8. The molecule has 0 bridgehead atoms. The molecule has 116 valence electrons. The predicted molar refractivity (Wildman–Crippen MR) is 90.4 cm³/mol. The van der Waals surface area contributed by atoms with Crippen molar-refractivity contribution in [2.45, 2.75) is 5.92 Å². The summed E-state index contributed by atoms with van der Waals surface area (Å²) in [4.78, 5) is 19.6. The molecule has 1 aromatic carbocycles. The Hall–Kier alpha value is -1.99. The van der Waals surface area contributed by atoms with Crippen molar-refractivity contribution in [2.24, 2.45) is 0 Å². The first-order chi connectivity index (χ1) is 11.2. The first-order valence-corrected chi connectivity index (χ1v) is 8.80. The number of thiophene rings is 1. The Labute approximate surface area is 145 Å². The number of halogens is 1. The summed E-state index contributed by atoms with van der Waals surface area (Å²) in [6.45, 7) is 1.22. The first-order valence-electron chi connectivity index (χ1n) is 7.13. The number of rotatable bonds is 3. The second kappa shape index (κ2) is 5.90. The summed E-state index contributed by atoms with van der Waals surface area (Å²) in [5.41, 5.74) is 0.691. The van der Waals surface area contributed by atoms with Crippen LogP contribution in [0.4, 0.5) is 0 Å². The smallest absolute Gasteiger partial charge is 0.253 e. The van der Waals surface area contributed by atoms with Gasteiger partial charge in [0.15, 0.2) is 0 Å². The van der Waals surface area contributed by atoms with E-state index in [0.717, 1.165) is 9.35 Å². The zero-order valence-electron chi connectivity index (χ0n) is 12.0. The summed E-state index contributed by atoms with van der Waals surface area (Å²) in [5.74, 6) is 1.38. The van der Waals surface area contributed by atoms with E-state index >= 15 is 0 Å². The summed E-state index contributed by atoms with van der Waals surface area (Å²) >= 11 is 4.95. The minimum atomic E-state index is 0.0340. The van der Waals surface area contributed by atoms with Crippen molar-refractivity contribution in [3.05, 3.63) is 57.7 Å². The lowest BCUT2D eigenvalue weighted by Gasteiger charge is -2.37. The molecule has 0 saturated carbocycles. The van der Waals surface area contributed by atoms with Crippen LogP contribution < -0.4 is 0 Å². The second-order valence-electron chi connectivity index (χ2n) is 5.35. The highest BCUT2D eigenvalue weighted by atomic mass is 79.9. The topological polar surface area (TPSA) is 59.2 Å². The van der Waals surface area contributed by atoms with Gasteiger partial charge in [-0.1, -0.05) is 27.2 Å². The van der Waals surface area contributed by atoms with Crippen molar-refractivity contribution in [1.29, 1.82) is 0 Å². The maximum absolute atomic E-state index is 12.4. The standard InChI is InChI=1S/C16H12BrN3O2S/c17-12-5-3-10(4-6-12)16(21)20-8-11(9-20)15-18-14(19-22-15)13-2-1-7-23-13/h1-7,11H,8-9H2. The van der Waals surface area contributed by atoms with Gasteiger partial charge in [0, 0.05) is 23.1 Å². The molecule has 1 saturated heterocycles. The van der Waals surface area contributed by atoms with Crippen LogP contribution >= 0.6 is 27.3 Å². The Kier molecular flexibility index (Phi) is 3.74. The van der Waals surface area contributed by atoms with E-state index < -0.39 is 0 Å². The highest BCUT2D eigenvalue weighted by Gasteiger charge is 2.36. The molecule has 0 atom stereocenters. The Balaban J connectivity index is 1.41. The van der Waals surface area contributed by atoms with Gasteiger partial charge in [0.25, 0.3) is 5.91 Å². The first kappa shape index (κ1) is 14.6. The summed E-state index contributed by atoms with van der Waals surface area (Å²) < 4.78 is 6.30. The van der Waals surface area contributed by atoms with E-state index in [-0.39, 0.29) is 11.8 Å². The van der Waals surface area contributed by atoms with Gasteiger partial charge < -0.3 is 9.42 Å². The highest BCUT2D eigenvalue weighted by molar-refractivity contribution is 9.10. The molecule has 0 unspecified atom stereocenters. The third-order valence-electron chi connectivity index (χ3n) is 3.79. The molecule has 1 aliphatic rings. The molecule has 0 aliphatic carbocycles. The molecule has 0 radical (unpaired) electrons. The third-order valence-corrected chi connectivity index (χ3v) is 5.19. The van der Waals surface area contributed by atoms with Crippen molar-refractivity contribution in [3.63, 3.8) is 0 Å². The van der Waals surface area contributed by atoms with Crippen molar-refractivity contribution < 1.29 is 9.32 Å². The van der Waals surface area contributed by atoms with Crippen molar-refractivity contribution >= 4 is 33.2 Å². The third kappa shape index (κ3) is 2.82. The largest absolute Gasteiger partial charge is 0.339 e. The molecule has 1 aliphatic heterocycles. The number of benzene rings is 1. The lowest BCUT2D eigenvalue weighted by Crippen LogP contribution is -2.48. The van der Waals surface area contributed by atoms with E-state index in [1.165, 1.54) is 0 Å². The normalized spacial score (nSPS) is 14.7. The molecule has 23 heavy (non-hydrogen) atoms. The number of nitrogens with zero attached hydrogens (tertiary/aromatic N) is 3. The van der Waals surface area contributed by atoms with Gasteiger partial charge in [0.2, 0.25) is 11.7 Å². The maximum Gasteiger partial charge on any atom is 0.253 e. The van der Waals surface area contributed by atoms with Gasteiger partial charge in [0.1, 0.15) is 0 Å². The van der Waals surface area contributed by atoms with E-state index in [0.29, 0.717) is 30.4 Å². The fraction of sp³-hybridized carbons (Fsp3) is 0.188. The van der Waals surface area contributed by atoms with Gasteiger partial charge >= 0.3 is 0 Å². The molecule has 4 rings (SSSR count). The minimum Gasteiger partial charge on any atom is -0.339 e. The second-order valence-corrected chi connectivity index (χ2v) is 7.21. The Morgan fingerprint density at radius 3 is 2.74 bits per heavy atom. The quantitative estimate of drug-likeness (QED) is 0.683. The van der Waals surface area contributed by atoms with Crippen LogP contribution in [0.2, 0.25) is 0 Å². The number of hydrogen-bond acceptors (Lipinski definition) is 5. The van der Waals surface area contributed by atoms with Crippen LogP contribution in [0.5, 0.6) is 0 Å². The fourth-order valence-corrected chi connectivity index (χ4v) is 3.40. The number of carbonyl (C=O) groups excluding carboxylic acids is 1. The molecule has 7 heteroatoms. The average molecular weight is 390 g/mol. The molecule has 0 spiro atoms. The van der Waals surface area contributed by atoms with Crippen LogP contribution in [0.3, 0.4) is 0 Å². The van der Waals surface area contributed by atoms with Crippen molar-refractivity contribution in [1.82, 2.24) is 15.0 Å². The predicted octanol–water partition coefficient (Wildman–Crippen LogP) is 3.80. The maximum atomic E-state index is 12.4. The Morgan fingerprint density at radius 2 is 2.04 bits per heavy atom. The molecule has 3 aromatic rings. The van der Waals surface area contributed by atoms with Crippen LogP contribution in [0, 0.1) is 0 Å². The number of likely N-dealkylation sites (tertiary alicyclic amines) is 1. The lowest BCUT2D eigenvalue weighted by atomic mass is 9.99. The number of carbonyl (C=O) groups is 1.